The van der Waals surface area contributed by atoms with E-state index in [2.05, 4.69) is 11.6 Å². The molecule has 0 unspecified atom stereocenters. The van der Waals surface area contributed by atoms with Crippen LogP contribution in [0.4, 0.5) is 4.79 Å². The zero-order valence-electron chi connectivity index (χ0n) is 8.12. The highest BCUT2D eigenvalue weighted by Gasteiger charge is 2.11. The Morgan fingerprint density at radius 1 is 1.29 bits per heavy atom. The third kappa shape index (κ3) is 7.81. The van der Waals surface area contributed by atoms with Gasteiger partial charge in [-0.3, -0.25) is 0 Å². The Bertz CT molecular complexity index is 263. The number of hydrogen-bond donors (Lipinski definition) is 3. The van der Waals surface area contributed by atoms with E-state index < -0.39 is 16.3 Å². The summed E-state index contributed by atoms with van der Waals surface area (Å²) in [7, 11) is -3.87. The summed E-state index contributed by atoms with van der Waals surface area (Å²) in [6.07, 6.45) is 2.19. The second-order valence-corrected chi connectivity index (χ2v) is 4.37. The van der Waals surface area contributed by atoms with Crippen molar-refractivity contribution in [2.45, 2.75) is 32.6 Å². The average molecular weight is 224 g/mol. The molecule has 14 heavy (non-hydrogen) atoms. The lowest BCUT2D eigenvalue weighted by Gasteiger charge is -2.04. The van der Waals surface area contributed by atoms with Gasteiger partial charge in [0.25, 0.3) is 0 Å². The minimum Gasteiger partial charge on any atom is -0.464 e. The molecule has 0 saturated carbocycles. The Balaban J connectivity index is 3.61. The van der Waals surface area contributed by atoms with Crippen molar-refractivity contribution < 1.29 is 18.3 Å². The van der Waals surface area contributed by atoms with Gasteiger partial charge in [0.05, 0.1) is 0 Å². The average Bonchev–Trinajstić information content (AvgIpc) is 2.01. The molecule has 0 saturated heterocycles. The Hall–Kier alpha value is -0.820. The minimum absolute atomic E-state index is 0.266. The summed E-state index contributed by atoms with van der Waals surface area (Å²) >= 11 is 0. The Morgan fingerprint density at radius 2 is 1.93 bits per heavy atom. The first-order valence-corrected chi connectivity index (χ1v) is 5.96. The molecule has 0 spiro atoms. The molecule has 0 aromatic heterocycles. The fourth-order valence-electron chi connectivity index (χ4n) is 0.909. The molecule has 0 fully saturated rings. The number of carboxylic acid groups (broad SMARTS) is 1. The highest BCUT2D eigenvalue weighted by molar-refractivity contribution is 7.88. The van der Waals surface area contributed by atoms with Crippen LogP contribution in [-0.2, 0) is 10.2 Å². The topological polar surface area (TPSA) is 95.5 Å². The molecule has 0 aliphatic carbocycles. The van der Waals surface area contributed by atoms with E-state index in [1.807, 2.05) is 0 Å². The molecule has 0 aromatic rings. The van der Waals surface area contributed by atoms with Crippen molar-refractivity contribution in [1.82, 2.24) is 9.44 Å². The summed E-state index contributed by atoms with van der Waals surface area (Å²) in [6, 6.07) is 0. The fraction of sp³-hybridized carbons (Fsp3) is 0.857. The van der Waals surface area contributed by atoms with Gasteiger partial charge in [0.2, 0.25) is 0 Å². The fourth-order valence-corrected chi connectivity index (χ4v) is 1.62. The maximum absolute atomic E-state index is 10.9. The summed E-state index contributed by atoms with van der Waals surface area (Å²) in [4.78, 5) is 10.0. The minimum atomic E-state index is -3.87. The summed E-state index contributed by atoms with van der Waals surface area (Å²) < 4.78 is 25.3. The van der Waals surface area contributed by atoms with Crippen molar-refractivity contribution in [3.8, 4) is 0 Å². The molecule has 84 valence electrons. The molecule has 0 aromatic carbocycles. The van der Waals surface area contributed by atoms with Crippen molar-refractivity contribution in [3.05, 3.63) is 0 Å². The standard InChI is InChI=1S/C7H16N2O4S/c1-2-3-4-5-6-8-14(12,13)9-7(10)11/h8-9H,2-6H2,1H3,(H,10,11). The van der Waals surface area contributed by atoms with Crippen LogP contribution in [-0.4, -0.2) is 26.2 Å². The molecule has 3 N–H and O–H groups in total. The predicted molar refractivity (Wildman–Crippen MR) is 52.2 cm³/mol. The van der Waals surface area contributed by atoms with E-state index in [0.717, 1.165) is 19.3 Å². The number of carbonyl (C=O) groups is 1. The van der Waals surface area contributed by atoms with Gasteiger partial charge in [-0.15, -0.1) is 0 Å². The van der Waals surface area contributed by atoms with E-state index >= 15 is 0 Å². The van der Waals surface area contributed by atoms with Gasteiger partial charge in [-0.1, -0.05) is 26.2 Å². The van der Waals surface area contributed by atoms with E-state index in [1.165, 1.54) is 4.72 Å². The molecular weight excluding hydrogens is 208 g/mol. The van der Waals surface area contributed by atoms with Crippen molar-refractivity contribution in [2.75, 3.05) is 6.54 Å². The molecule has 0 rings (SSSR count). The molecule has 7 heteroatoms. The van der Waals surface area contributed by atoms with Gasteiger partial charge in [0.15, 0.2) is 0 Å². The zero-order chi connectivity index (χ0) is 11.0. The maximum atomic E-state index is 10.9. The lowest BCUT2D eigenvalue weighted by Crippen LogP contribution is -2.39. The summed E-state index contributed by atoms with van der Waals surface area (Å²) in [5.74, 6) is 0. The van der Waals surface area contributed by atoms with Crippen LogP contribution in [0.1, 0.15) is 32.6 Å². The number of nitrogens with one attached hydrogen (secondary N) is 2. The van der Waals surface area contributed by atoms with Gasteiger partial charge in [-0.25, -0.2) is 9.52 Å². The Morgan fingerprint density at radius 3 is 2.43 bits per heavy atom. The second-order valence-electron chi connectivity index (χ2n) is 2.87. The predicted octanol–water partition coefficient (Wildman–Crippen LogP) is 0.669. The van der Waals surface area contributed by atoms with E-state index in [1.54, 1.807) is 0 Å². The van der Waals surface area contributed by atoms with Crippen LogP contribution >= 0.6 is 0 Å². The van der Waals surface area contributed by atoms with Crippen molar-refractivity contribution in [2.24, 2.45) is 0 Å². The van der Waals surface area contributed by atoms with E-state index in [-0.39, 0.29) is 6.54 Å². The molecule has 0 radical (unpaired) electrons. The van der Waals surface area contributed by atoms with Crippen LogP contribution in [0.2, 0.25) is 0 Å². The van der Waals surface area contributed by atoms with Crippen LogP contribution < -0.4 is 9.44 Å². The normalized spacial score (nSPS) is 11.2. The first-order valence-electron chi connectivity index (χ1n) is 4.48. The van der Waals surface area contributed by atoms with Crippen LogP contribution in [0.15, 0.2) is 0 Å². The Kier molecular flexibility index (Phi) is 6.22. The van der Waals surface area contributed by atoms with Gasteiger partial charge in [0, 0.05) is 6.54 Å². The lowest BCUT2D eigenvalue weighted by molar-refractivity contribution is 0.201. The van der Waals surface area contributed by atoms with E-state index in [0.29, 0.717) is 6.42 Å². The van der Waals surface area contributed by atoms with E-state index in [4.69, 9.17) is 5.11 Å². The summed E-state index contributed by atoms with van der Waals surface area (Å²) in [6.45, 7) is 2.32. The molecule has 0 bridgehead atoms. The van der Waals surface area contributed by atoms with Crippen molar-refractivity contribution in [3.63, 3.8) is 0 Å². The third-order valence-electron chi connectivity index (χ3n) is 1.54. The molecule has 0 heterocycles. The van der Waals surface area contributed by atoms with Crippen LogP contribution in [0.25, 0.3) is 0 Å². The lowest BCUT2D eigenvalue weighted by atomic mass is 10.2. The molecule has 0 aliphatic heterocycles. The van der Waals surface area contributed by atoms with E-state index in [9.17, 15) is 13.2 Å². The molecule has 6 nitrogen and oxygen atoms in total. The quantitative estimate of drug-likeness (QED) is 0.554. The summed E-state index contributed by atoms with van der Waals surface area (Å²) in [5.41, 5.74) is 0. The second kappa shape index (κ2) is 6.61. The van der Waals surface area contributed by atoms with Crippen molar-refractivity contribution >= 4 is 16.3 Å². The first kappa shape index (κ1) is 13.2. The van der Waals surface area contributed by atoms with Gasteiger partial charge < -0.3 is 5.11 Å². The SMILES string of the molecule is CCCCCCNS(=O)(=O)NC(=O)O. The van der Waals surface area contributed by atoms with Gasteiger partial charge in [-0.05, 0) is 6.42 Å². The van der Waals surface area contributed by atoms with Crippen LogP contribution in [0, 0.1) is 0 Å². The highest BCUT2D eigenvalue weighted by Crippen LogP contribution is 1.97. The monoisotopic (exact) mass is 224 g/mol. The Labute approximate surface area is 83.9 Å². The molecular formula is C7H16N2O4S. The maximum Gasteiger partial charge on any atom is 0.419 e. The summed E-state index contributed by atoms with van der Waals surface area (Å²) in [5, 5.41) is 8.16. The smallest absolute Gasteiger partial charge is 0.419 e. The van der Waals surface area contributed by atoms with Gasteiger partial charge >= 0.3 is 16.3 Å². The van der Waals surface area contributed by atoms with Crippen LogP contribution in [0.5, 0.6) is 0 Å². The van der Waals surface area contributed by atoms with Gasteiger partial charge in [-0.2, -0.15) is 13.1 Å². The molecule has 1 amide bonds. The molecule has 0 aliphatic rings. The number of amides is 1. The van der Waals surface area contributed by atoms with Gasteiger partial charge in [0.1, 0.15) is 0 Å². The molecule has 0 atom stereocenters. The van der Waals surface area contributed by atoms with Crippen molar-refractivity contribution in [1.29, 1.82) is 0 Å². The van der Waals surface area contributed by atoms with Crippen LogP contribution in [0.3, 0.4) is 0 Å². The zero-order valence-corrected chi connectivity index (χ0v) is 8.93. The third-order valence-corrected chi connectivity index (χ3v) is 2.57. The number of hydrogen-bond acceptors (Lipinski definition) is 3. The number of rotatable bonds is 7. The number of unbranched alkanes of at least 4 members (excludes halogenated alkanes) is 3. The highest BCUT2D eigenvalue weighted by atomic mass is 32.2. The largest absolute Gasteiger partial charge is 0.464 e. The first-order chi connectivity index (χ1) is 6.48.